The normalized spacial score (nSPS) is 14.6. The Morgan fingerprint density at radius 2 is 1.68 bits per heavy atom. The van der Waals surface area contributed by atoms with E-state index in [2.05, 4.69) is 19.2 Å². The van der Waals surface area contributed by atoms with E-state index in [0.29, 0.717) is 12.5 Å². The summed E-state index contributed by atoms with van der Waals surface area (Å²) in [6.45, 7) is 8.35. The molecule has 7 heteroatoms. The Bertz CT molecular complexity index is 654. The number of nitrogens with one attached hydrogen (secondary N) is 1. The second-order valence-corrected chi connectivity index (χ2v) is 8.93. The number of carbonyl (C=O) groups excluding carboxylic acids is 1. The summed E-state index contributed by atoms with van der Waals surface area (Å²) in [4.78, 5) is 12.4. The summed E-state index contributed by atoms with van der Waals surface area (Å²) in [7, 11) is -0.462. The summed E-state index contributed by atoms with van der Waals surface area (Å²) in [6.07, 6.45) is 0.393. The average Bonchev–Trinajstić information content (AvgIpc) is 2.54. The van der Waals surface area contributed by atoms with Gasteiger partial charge in [-0.05, 0) is 43.9 Å². The van der Waals surface area contributed by atoms with Gasteiger partial charge in [-0.3, -0.25) is 4.79 Å². The molecule has 2 atom stereocenters. The van der Waals surface area contributed by atoms with Crippen molar-refractivity contribution < 1.29 is 17.9 Å². The lowest BCUT2D eigenvalue weighted by molar-refractivity contribution is -0.132. The lowest BCUT2D eigenvalue weighted by Crippen LogP contribution is -2.36. The molecule has 1 amide bonds. The van der Waals surface area contributed by atoms with Crippen molar-refractivity contribution >= 4 is 15.9 Å². The third-order valence-corrected chi connectivity index (χ3v) is 5.78. The minimum absolute atomic E-state index is 0.179. The van der Waals surface area contributed by atoms with Gasteiger partial charge in [0, 0.05) is 20.7 Å². The first-order valence-electron chi connectivity index (χ1n) is 8.50. The number of nitrogens with zero attached hydrogens (tertiary/aromatic N) is 1. The number of hydrogen-bond donors (Lipinski definition) is 1. The van der Waals surface area contributed by atoms with Crippen molar-refractivity contribution in [3.8, 4) is 0 Å². The Morgan fingerprint density at radius 1 is 1.12 bits per heavy atom. The van der Waals surface area contributed by atoms with Gasteiger partial charge >= 0.3 is 0 Å². The predicted octanol–water partition coefficient (Wildman–Crippen LogP) is 2.57. The SMILES string of the molecule is CC(C)CCO[C@H](C)C(=O)N[C@@H](C)c1ccc(S(=O)(=O)N(C)C)cc1. The molecule has 0 unspecified atom stereocenters. The van der Waals surface area contributed by atoms with E-state index in [9.17, 15) is 13.2 Å². The molecule has 0 spiro atoms. The molecule has 0 aromatic heterocycles. The number of sulfonamides is 1. The highest BCUT2D eigenvalue weighted by molar-refractivity contribution is 7.89. The van der Waals surface area contributed by atoms with Crippen LogP contribution in [0.5, 0.6) is 0 Å². The third kappa shape index (κ3) is 6.41. The first-order chi connectivity index (χ1) is 11.6. The van der Waals surface area contributed by atoms with E-state index >= 15 is 0 Å². The van der Waals surface area contributed by atoms with E-state index in [1.165, 1.54) is 18.4 Å². The average molecular weight is 371 g/mol. The predicted molar refractivity (Wildman–Crippen MR) is 98.7 cm³/mol. The number of rotatable bonds is 9. The molecule has 0 saturated heterocycles. The van der Waals surface area contributed by atoms with Crippen LogP contribution >= 0.6 is 0 Å². The van der Waals surface area contributed by atoms with Gasteiger partial charge in [0.15, 0.2) is 0 Å². The van der Waals surface area contributed by atoms with Gasteiger partial charge in [0.25, 0.3) is 0 Å². The number of ether oxygens (including phenoxy) is 1. The molecule has 25 heavy (non-hydrogen) atoms. The fraction of sp³-hybridized carbons (Fsp3) is 0.611. The summed E-state index contributed by atoms with van der Waals surface area (Å²) in [5, 5.41) is 2.89. The number of benzene rings is 1. The molecule has 0 saturated carbocycles. The highest BCUT2D eigenvalue weighted by Crippen LogP contribution is 2.18. The van der Waals surface area contributed by atoms with Gasteiger partial charge < -0.3 is 10.1 Å². The minimum atomic E-state index is -3.45. The summed E-state index contributed by atoms with van der Waals surface area (Å²) in [5.74, 6) is 0.354. The Hall–Kier alpha value is -1.44. The lowest BCUT2D eigenvalue weighted by atomic mass is 10.1. The molecular formula is C18H30N2O4S. The van der Waals surface area contributed by atoms with Crippen molar-refractivity contribution in [2.75, 3.05) is 20.7 Å². The molecule has 0 aliphatic carbocycles. The summed E-state index contributed by atoms with van der Waals surface area (Å²) in [6, 6.07) is 6.29. The van der Waals surface area contributed by atoms with Crippen LogP contribution in [0.4, 0.5) is 0 Å². The zero-order valence-electron chi connectivity index (χ0n) is 15.9. The maximum atomic E-state index is 12.2. The zero-order chi connectivity index (χ0) is 19.2. The minimum Gasteiger partial charge on any atom is -0.369 e. The molecule has 1 N–H and O–H groups in total. The van der Waals surface area contributed by atoms with Crippen LogP contribution in [0.25, 0.3) is 0 Å². The van der Waals surface area contributed by atoms with Crippen molar-refractivity contribution in [1.82, 2.24) is 9.62 Å². The number of hydrogen-bond acceptors (Lipinski definition) is 4. The van der Waals surface area contributed by atoms with E-state index in [-0.39, 0.29) is 16.8 Å². The zero-order valence-corrected chi connectivity index (χ0v) is 16.8. The monoisotopic (exact) mass is 370 g/mol. The first kappa shape index (κ1) is 21.6. The van der Waals surface area contributed by atoms with Gasteiger partial charge in [-0.15, -0.1) is 0 Å². The van der Waals surface area contributed by atoms with Gasteiger partial charge in [-0.1, -0.05) is 26.0 Å². The Balaban J connectivity index is 2.65. The molecular weight excluding hydrogens is 340 g/mol. The smallest absolute Gasteiger partial charge is 0.249 e. The van der Waals surface area contributed by atoms with Crippen LogP contribution in [0.1, 0.15) is 45.7 Å². The molecule has 1 rings (SSSR count). The van der Waals surface area contributed by atoms with Crippen LogP contribution in [-0.2, 0) is 19.6 Å². The van der Waals surface area contributed by atoms with Gasteiger partial charge in [0.05, 0.1) is 10.9 Å². The van der Waals surface area contributed by atoms with Gasteiger partial charge in [-0.25, -0.2) is 12.7 Å². The topological polar surface area (TPSA) is 75.7 Å². The van der Waals surface area contributed by atoms with Crippen LogP contribution in [0.2, 0.25) is 0 Å². The molecule has 0 aliphatic heterocycles. The molecule has 0 aliphatic rings. The van der Waals surface area contributed by atoms with Crippen LogP contribution in [-0.4, -0.2) is 45.4 Å². The first-order valence-corrected chi connectivity index (χ1v) is 9.94. The van der Waals surface area contributed by atoms with Gasteiger partial charge in [-0.2, -0.15) is 0 Å². The lowest BCUT2D eigenvalue weighted by Gasteiger charge is -2.19. The van der Waals surface area contributed by atoms with Crippen molar-refractivity contribution in [1.29, 1.82) is 0 Å². The Morgan fingerprint density at radius 3 is 2.16 bits per heavy atom. The highest BCUT2D eigenvalue weighted by Gasteiger charge is 2.19. The fourth-order valence-electron chi connectivity index (χ4n) is 2.11. The molecule has 0 bridgehead atoms. The van der Waals surface area contributed by atoms with Gasteiger partial charge in [0.1, 0.15) is 6.10 Å². The molecule has 6 nitrogen and oxygen atoms in total. The van der Waals surface area contributed by atoms with E-state index in [1.54, 1.807) is 31.2 Å². The largest absolute Gasteiger partial charge is 0.369 e. The van der Waals surface area contributed by atoms with E-state index in [4.69, 9.17) is 4.74 Å². The van der Waals surface area contributed by atoms with Crippen molar-refractivity contribution in [3.63, 3.8) is 0 Å². The molecule has 1 aromatic rings. The van der Waals surface area contributed by atoms with Crippen LogP contribution in [0, 0.1) is 5.92 Å². The van der Waals surface area contributed by atoms with Crippen LogP contribution in [0.3, 0.4) is 0 Å². The van der Waals surface area contributed by atoms with E-state index in [0.717, 1.165) is 12.0 Å². The number of amides is 1. The quantitative estimate of drug-likeness (QED) is 0.725. The van der Waals surface area contributed by atoms with Gasteiger partial charge in [0.2, 0.25) is 15.9 Å². The summed E-state index contributed by atoms with van der Waals surface area (Å²) >= 11 is 0. The third-order valence-electron chi connectivity index (χ3n) is 3.95. The molecule has 142 valence electrons. The van der Waals surface area contributed by atoms with Crippen molar-refractivity contribution in [2.45, 2.75) is 51.2 Å². The maximum absolute atomic E-state index is 12.2. The van der Waals surface area contributed by atoms with E-state index < -0.39 is 16.1 Å². The van der Waals surface area contributed by atoms with Crippen molar-refractivity contribution in [2.24, 2.45) is 5.92 Å². The van der Waals surface area contributed by atoms with Crippen LogP contribution < -0.4 is 5.32 Å². The second kappa shape index (κ2) is 9.31. The molecule has 1 aromatic carbocycles. The standard InChI is InChI=1S/C18H30N2O4S/c1-13(2)11-12-24-15(4)18(21)19-14(3)16-7-9-17(10-8-16)25(22,23)20(5)6/h7-10,13-15H,11-12H2,1-6H3,(H,19,21)/t14-,15+/m0/s1. The molecule has 0 heterocycles. The summed E-state index contributed by atoms with van der Waals surface area (Å²) < 4.78 is 30.9. The maximum Gasteiger partial charge on any atom is 0.249 e. The van der Waals surface area contributed by atoms with E-state index in [1.807, 2.05) is 6.92 Å². The molecule has 0 radical (unpaired) electrons. The Labute approximate surface area is 151 Å². The fourth-order valence-corrected chi connectivity index (χ4v) is 3.01. The van der Waals surface area contributed by atoms with Crippen LogP contribution in [0.15, 0.2) is 29.2 Å². The highest BCUT2D eigenvalue weighted by atomic mass is 32.2. The summed E-state index contributed by atoms with van der Waals surface area (Å²) in [5.41, 5.74) is 0.834. The van der Waals surface area contributed by atoms with Crippen molar-refractivity contribution in [3.05, 3.63) is 29.8 Å². The second-order valence-electron chi connectivity index (χ2n) is 6.78. The Kier molecular flexibility index (Phi) is 8.05. The number of carbonyl (C=O) groups is 1. The molecule has 0 fully saturated rings.